The molecule has 0 aromatic heterocycles. The minimum absolute atomic E-state index is 0.0740. The third-order valence-corrected chi connectivity index (χ3v) is 6.39. The molecule has 4 rings (SSSR count). The van der Waals surface area contributed by atoms with E-state index in [0.717, 1.165) is 36.6 Å². The van der Waals surface area contributed by atoms with Crippen molar-refractivity contribution >= 4 is 15.9 Å². The zero-order valence-electron chi connectivity index (χ0n) is 17.6. The number of nitrogens with one attached hydrogen (secondary N) is 1. The van der Waals surface area contributed by atoms with Crippen LogP contribution in [0, 0.1) is 23.3 Å². The predicted octanol–water partition coefficient (Wildman–Crippen LogP) is 3.65. The highest BCUT2D eigenvalue weighted by Gasteiger charge is 2.47. The molecule has 12 heteroatoms. The SMILES string of the molecule is C[C@]1(F)CN(C2=NO[C@H](c3c(F)ccc(F)c3-c3c(F)cccc3F)C2)C[C@H]1NS(C)(=O)=O. The molecule has 2 aromatic rings. The lowest BCUT2D eigenvalue weighted by Gasteiger charge is -2.20. The molecule has 0 bridgehead atoms. The summed E-state index contributed by atoms with van der Waals surface area (Å²) < 4.78 is 98.6. The highest BCUT2D eigenvalue weighted by molar-refractivity contribution is 7.88. The quantitative estimate of drug-likeness (QED) is 0.666. The van der Waals surface area contributed by atoms with Crippen LogP contribution in [0.15, 0.2) is 35.5 Å². The fraction of sp³-hybridized carbons (Fsp3) is 0.381. The number of rotatable bonds is 4. The van der Waals surface area contributed by atoms with Crippen LogP contribution in [0.1, 0.15) is 25.0 Å². The first-order valence-electron chi connectivity index (χ1n) is 9.93. The molecule has 0 spiro atoms. The van der Waals surface area contributed by atoms with Crippen LogP contribution in [0.25, 0.3) is 11.1 Å². The van der Waals surface area contributed by atoms with Gasteiger partial charge in [0.25, 0.3) is 0 Å². The molecule has 1 fully saturated rings. The van der Waals surface area contributed by atoms with Crippen molar-refractivity contribution in [3.8, 4) is 11.1 Å². The number of benzene rings is 2. The topological polar surface area (TPSA) is 71.0 Å². The number of hydrogen-bond acceptors (Lipinski definition) is 5. The number of likely N-dealkylation sites (tertiary alicyclic amines) is 1. The number of amidine groups is 1. The lowest BCUT2D eigenvalue weighted by Crippen LogP contribution is -2.47. The Morgan fingerprint density at radius 2 is 1.67 bits per heavy atom. The molecule has 1 saturated heterocycles. The minimum Gasteiger partial charge on any atom is -0.386 e. The summed E-state index contributed by atoms with van der Waals surface area (Å²) in [6.45, 7) is 0.931. The second-order valence-electron chi connectivity index (χ2n) is 8.32. The van der Waals surface area contributed by atoms with E-state index in [1.54, 1.807) is 0 Å². The Morgan fingerprint density at radius 1 is 1.06 bits per heavy atom. The Bertz CT molecular complexity index is 1220. The minimum atomic E-state index is -3.68. The van der Waals surface area contributed by atoms with Crippen molar-refractivity contribution in [2.24, 2.45) is 5.16 Å². The van der Waals surface area contributed by atoms with E-state index in [-0.39, 0.29) is 25.3 Å². The molecule has 2 heterocycles. The van der Waals surface area contributed by atoms with Crippen molar-refractivity contribution in [3.63, 3.8) is 0 Å². The van der Waals surface area contributed by atoms with Gasteiger partial charge in [-0.15, -0.1) is 0 Å². The Hall–Kier alpha value is -2.73. The molecule has 2 aromatic carbocycles. The normalized spacial score (nSPS) is 25.3. The molecule has 6 nitrogen and oxygen atoms in total. The fourth-order valence-corrected chi connectivity index (χ4v) is 4.99. The average molecular weight is 489 g/mol. The fourth-order valence-electron chi connectivity index (χ4n) is 4.15. The maximum Gasteiger partial charge on any atom is 0.209 e. The summed E-state index contributed by atoms with van der Waals surface area (Å²) in [6, 6.07) is 3.45. The molecular formula is C21H20F5N3O3S. The van der Waals surface area contributed by atoms with Gasteiger partial charge in [-0.05, 0) is 31.2 Å². The summed E-state index contributed by atoms with van der Waals surface area (Å²) in [5.74, 6) is -4.00. The van der Waals surface area contributed by atoms with Crippen molar-refractivity contribution in [1.82, 2.24) is 9.62 Å². The first-order valence-corrected chi connectivity index (χ1v) is 11.8. The van der Waals surface area contributed by atoms with Crippen molar-refractivity contribution < 1.29 is 35.2 Å². The number of oxime groups is 1. The molecule has 0 unspecified atom stereocenters. The summed E-state index contributed by atoms with van der Waals surface area (Å²) in [5, 5.41) is 3.84. The maximum atomic E-state index is 15.0. The van der Waals surface area contributed by atoms with E-state index >= 15 is 0 Å². The Kier molecular flexibility index (Phi) is 5.85. The van der Waals surface area contributed by atoms with Gasteiger partial charge in [0.2, 0.25) is 10.0 Å². The molecule has 0 radical (unpaired) electrons. The third kappa shape index (κ3) is 4.54. The second-order valence-corrected chi connectivity index (χ2v) is 10.1. The van der Waals surface area contributed by atoms with E-state index in [9.17, 15) is 30.4 Å². The maximum absolute atomic E-state index is 15.0. The van der Waals surface area contributed by atoms with E-state index in [1.807, 2.05) is 0 Å². The molecule has 0 aliphatic carbocycles. The van der Waals surface area contributed by atoms with Gasteiger partial charge in [-0.1, -0.05) is 11.2 Å². The van der Waals surface area contributed by atoms with Crippen LogP contribution in [-0.4, -0.2) is 50.2 Å². The Balaban J connectivity index is 1.64. The zero-order chi connectivity index (χ0) is 24.1. The lowest BCUT2D eigenvalue weighted by atomic mass is 9.93. The highest BCUT2D eigenvalue weighted by atomic mass is 32.2. The van der Waals surface area contributed by atoms with Crippen molar-refractivity contribution in [3.05, 3.63) is 59.2 Å². The van der Waals surface area contributed by atoms with E-state index in [0.29, 0.717) is 0 Å². The van der Waals surface area contributed by atoms with E-state index in [4.69, 9.17) is 4.84 Å². The molecule has 178 valence electrons. The van der Waals surface area contributed by atoms with E-state index in [1.165, 1.54) is 11.8 Å². The van der Waals surface area contributed by atoms with Crippen LogP contribution in [0.3, 0.4) is 0 Å². The largest absolute Gasteiger partial charge is 0.386 e. The Morgan fingerprint density at radius 3 is 2.30 bits per heavy atom. The predicted molar refractivity (Wildman–Crippen MR) is 110 cm³/mol. The van der Waals surface area contributed by atoms with E-state index in [2.05, 4.69) is 9.88 Å². The van der Waals surface area contributed by atoms with Gasteiger partial charge < -0.3 is 9.74 Å². The van der Waals surface area contributed by atoms with Crippen LogP contribution in [-0.2, 0) is 14.9 Å². The van der Waals surface area contributed by atoms with Gasteiger partial charge in [-0.25, -0.2) is 35.1 Å². The Labute approximate surface area is 187 Å². The summed E-state index contributed by atoms with van der Waals surface area (Å²) in [5.41, 5.74) is -3.72. The average Bonchev–Trinajstić information content (AvgIpc) is 3.28. The number of halogens is 5. The van der Waals surface area contributed by atoms with Crippen molar-refractivity contribution in [1.29, 1.82) is 0 Å². The van der Waals surface area contributed by atoms with Gasteiger partial charge in [-0.3, -0.25) is 0 Å². The smallest absolute Gasteiger partial charge is 0.209 e. The third-order valence-electron chi connectivity index (χ3n) is 5.68. The van der Waals surface area contributed by atoms with E-state index < -0.39 is 67.8 Å². The highest BCUT2D eigenvalue weighted by Crippen LogP contribution is 2.41. The molecule has 2 aliphatic rings. The van der Waals surface area contributed by atoms with Gasteiger partial charge in [0.15, 0.2) is 6.10 Å². The van der Waals surface area contributed by atoms with Gasteiger partial charge >= 0.3 is 0 Å². The molecular weight excluding hydrogens is 469 g/mol. The van der Waals surface area contributed by atoms with Gasteiger partial charge in [-0.2, -0.15) is 0 Å². The van der Waals surface area contributed by atoms with Crippen molar-refractivity contribution in [2.75, 3.05) is 19.3 Å². The standard InChI is InChI=1S/C21H20F5N3O3S/c1-21(26)10-29(9-16(21)28-33(2,30)31)17-8-15(32-27-17)19-13(24)6-7-14(25)20(19)18-11(22)4-3-5-12(18)23/h3-7,15-16,28H,8-10H2,1-2H3/t15-,16+,21-/m0/s1. The van der Waals surface area contributed by atoms with Crippen LogP contribution >= 0.6 is 0 Å². The molecule has 0 saturated carbocycles. The zero-order valence-corrected chi connectivity index (χ0v) is 18.4. The summed E-state index contributed by atoms with van der Waals surface area (Å²) in [7, 11) is -3.68. The summed E-state index contributed by atoms with van der Waals surface area (Å²) >= 11 is 0. The van der Waals surface area contributed by atoms with Gasteiger partial charge in [0, 0.05) is 17.7 Å². The number of alkyl halides is 1. The van der Waals surface area contributed by atoms with Crippen LogP contribution < -0.4 is 4.72 Å². The summed E-state index contributed by atoms with van der Waals surface area (Å²) in [4.78, 5) is 6.71. The van der Waals surface area contributed by atoms with Gasteiger partial charge in [0.1, 0.15) is 34.8 Å². The molecule has 0 amide bonds. The van der Waals surface area contributed by atoms with Crippen LogP contribution in [0.4, 0.5) is 22.0 Å². The molecule has 3 atom stereocenters. The second kappa shape index (κ2) is 8.24. The van der Waals surface area contributed by atoms with Crippen LogP contribution in [0.5, 0.6) is 0 Å². The van der Waals surface area contributed by atoms with Gasteiger partial charge in [0.05, 0.1) is 30.8 Å². The van der Waals surface area contributed by atoms with Crippen LogP contribution in [0.2, 0.25) is 0 Å². The molecule has 33 heavy (non-hydrogen) atoms. The lowest BCUT2D eigenvalue weighted by molar-refractivity contribution is 0.0829. The van der Waals surface area contributed by atoms with Crippen molar-refractivity contribution in [2.45, 2.75) is 31.2 Å². The monoisotopic (exact) mass is 489 g/mol. The first-order chi connectivity index (χ1) is 15.4. The summed E-state index contributed by atoms with van der Waals surface area (Å²) in [6.07, 6.45) is -0.475. The number of sulfonamides is 1. The number of nitrogens with zero attached hydrogens (tertiary/aromatic N) is 2. The molecule has 2 aliphatic heterocycles. The first kappa shape index (κ1) is 23.4. The molecule has 1 N–H and O–H groups in total. The number of hydrogen-bond donors (Lipinski definition) is 1.